The van der Waals surface area contributed by atoms with E-state index in [1.807, 2.05) is 6.08 Å². The third-order valence-corrected chi connectivity index (χ3v) is 2.66. The topological polar surface area (TPSA) is 17.1 Å². The van der Waals surface area contributed by atoms with Crippen LogP contribution in [-0.2, 0) is 4.79 Å². The van der Waals surface area contributed by atoms with Crippen molar-refractivity contribution in [2.45, 2.75) is 58.3 Å². The largest absolute Gasteiger partial charge is 0.295 e. The molecule has 0 heterocycles. The highest BCUT2D eigenvalue weighted by atomic mass is 16.1. The third-order valence-electron chi connectivity index (χ3n) is 2.66. The molecular weight excluding hydrogens is 160 g/mol. The first-order valence-corrected chi connectivity index (χ1v) is 5.55. The number of carbonyl (C=O) groups is 1. The first-order chi connectivity index (χ1) is 6.33. The standard InChI is InChI=1S/C12H20O/c1-2-3-4-5-6-7-11-8-9-12(13)10-11/h10H,2-9H2,1H3. The van der Waals surface area contributed by atoms with Crippen LogP contribution in [0.15, 0.2) is 11.6 Å². The lowest BCUT2D eigenvalue weighted by Crippen LogP contribution is -1.81. The van der Waals surface area contributed by atoms with Crippen LogP contribution in [0, 0.1) is 0 Å². The molecule has 0 atom stereocenters. The van der Waals surface area contributed by atoms with E-state index in [4.69, 9.17) is 0 Å². The Morgan fingerprint density at radius 3 is 2.54 bits per heavy atom. The third kappa shape index (κ3) is 4.25. The van der Waals surface area contributed by atoms with Crippen molar-refractivity contribution in [3.05, 3.63) is 11.6 Å². The molecule has 1 aliphatic rings. The Kier molecular flexibility index (Phi) is 4.81. The average molecular weight is 180 g/mol. The Balaban J connectivity index is 2.00. The molecule has 0 radical (unpaired) electrons. The van der Waals surface area contributed by atoms with Gasteiger partial charge in [-0.3, -0.25) is 4.79 Å². The molecule has 0 aromatic rings. The zero-order valence-corrected chi connectivity index (χ0v) is 8.64. The van der Waals surface area contributed by atoms with Crippen LogP contribution in [0.4, 0.5) is 0 Å². The lowest BCUT2D eigenvalue weighted by molar-refractivity contribution is -0.114. The zero-order valence-electron chi connectivity index (χ0n) is 8.64. The van der Waals surface area contributed by atoms with Gasteiger partial charge in [0.05, 0.1) is 0 Å². The van der Waals surface area contributed by atoms with Crippen molar-refractivity contribution in [1.82, 2.24) is 0 Å². The number of carbonyl (C=O) groups excluding carboxylic acids is 1. The fraction of sp³-hybridized carbons (Fsp3) is 0.750. The quantitative estimate of drug-likeness (QED) is 0.570. The highest BCUT2D eigenvalue weighted by molar-refractivity contribution is 5.92. The molecule has 1 aliphatic carbocycles. The van der Waals surface area contributed by atoms with Gasteiger partial charge in [0.25, 0.3) is 0 Å². The summed E-state index contributed by atoms with van der Waals surface area (Å²) in [5.41, 5.74) is 1.39. The van der Waals surface area contributed by atoms with E-state index in [9.17, 15) is 4.79 Å². The Morgan fingerprint density at radius 2 is 1.92 bits per heavy atom. The first kappa shape index (κ1) is 10.5. The second-order valence-electron chi connectivity index (χ2n) is 3.93. The lowest BCUT2D eigenvalue weighted by atomic mass is 10.1. The van der Waals surface area contributed by atoms with Gasteiger partial charge in [0.1, 0.15) is 0 Å². The Hall–Kier alpha value is -0.590. The molecule has 74 valence electrons. The van der Waals surface area contributed by atoms with E-state index in [0.29, 0.717) is 5.78 Å². The second-order valence-corrected chi connectivity index (χ2v) is 3.93. The van der Waals surface area contributed by atoms with Gasteiger partial charge in [-0.1, -0.05) is 38.2 Å². The molecule has 0 saturated carbocycles. The predicted octanol–water partition coefficient (Wildman–Crippen LogP) is 3.64. The van der Waals surface area contributed by atoms with Crippen molar-refractivity contribution in [1.29, 1.82) is 0 Å². The van der Waals surface area contributed by atoms with Gasteiger partial charge in [-0.2, -0.15) is 0 Å². The van der Waals surface area contributed by atoms with Crippen LogP contribution in [0.1, 0.15) is 58.3 Å². The van der Waals surface area contributed by atoms with Crippen molar-refractivity contribution in [2.24, 2.45) is 0 Å². The summed E-state index contributed by atoms with van der Waals surface area (Å²) in [4.78, 5) is 10.9. The maximum atomic E-state index is 10.9. The van der Waals surface area contributed by atoms with Gasteiger partial charge in [-0.05, 0) is 25.3 Å². The molecule has 0 bridgehead atoms. The lowest BCUT2D eigenvalue weighted by Gasteiger charge is -2.00. The maximum absolute atomic E-state index is 10.9. The molecule has 0 N–H and O–H groups in total. The predicted molar refractivity (Wildman–Crippen MR) is 55.7 cm³/mol. The minimum Gasteiger partial charge on any atom is -0.295 e. The molecular formula is C12H20O. The molecule has 0 aliphatic heterocycles. The van der Waals surface area contributed by atoms with Crippen molar-refractivity contribution in [3.63, 3.8) is 0 Å². The van der Waals surface area contributed by atoms with Gasteiger partial charge in [-0.25, -0.2) is 0 Å². The molecule has 0 aromatic carbocycles. The van der Waals surface area contributed by atoms with Crippen LogP contribution < -0.4 is 0 Å². The molecule has 0 saturated heterocycles. The van der Waals surface area contributed by atoms with Crippen LogP contribution in [0.25, 0.3) is 0 Å². The summed E-state index contributed by atoms with van der Waals surface area (Å²) in [5, 5.41) is 0. The number of rotatable bonds is 6. The van der Waals surface area contributed by atoms with E-state index in [1.54, 1.807) is 0 Å². The Morgan fingerprint density at radius 1 is 1.15 bits per heavy atom. The molecule has 1 heteroatoms. The van der Waals surface area contributed by atoms with Gasteiger partial charge >= 0.3 is 0 Å². The maximum Gasteiger partial charge on any atom is 0.155 e. The second kappa shape index (κ2) is 5.95. The van der Waals surface area contributed by atoms with Crippen LogP contribution >= 0.6 is 0 Å². The molecule has 0 unspecified atom stereocenters. The summed E-state index contributed by atoms with van der Waals surface area (Å²) in [7, 11) is 0. The van der Waals surface area contributed by atoms with E-state index >= 15 is 0 Å². The van der Waals surface area contributed by atoms with Gasteiger partial charge in [0.2, 0.25) is 0 Å². The van der Waals surface area contributed by atoms with Crippen molar-refractivity contribution >= 4 is 5.78 Å². The van der Waals surface area contributed by atoms with Crippen LogP contribution in [0.5, 0.6) is 0 Å². The number of unbranched alkanes of at least 4 members (excludes halogenated alkanes) is 4. The summed E-state index contributed by atoms with van der Waals surface area (Å²) in [5.74, 6) is 0.337. The van der Waals surface area contributed by atoms with Gasteiger partial charge in [0.15, 0.2) is 5.78 Å². The molecule has 0 aromatic heterocycles. The van der Waals surface area contributed by atoms with Crippen LogP contribution in [0.2, 0.25) is 0 Å². The van der Waals surface area contributed by atoms with E-state index in [-0.39, 0.29) is 0 Å². The Labute approximate surface area is 81.2 Å². The van der Waals surface area contributed by atoms with Crippen molar-refractivity contribution in [2.75, 3.05) is 0 Å². The number of allylic oxidation sites excluding steroid dienone is 2. The fourth-order valence-electron chi connectivity index (χ4n) is 1.81. The summed E-state index contributed by atoms with van der Waals surface area (Å²) >= 11 is 0. The SMILES string of the molecule is CCCCCCCC1=CC(=O)CC1. The molecule has 1 rings (SSSR count). The smallest absolute Gasteiger partial charge is 0.155 e. The summed E-state index contributed by atoms with van der Waals surface area (Å²) in [6.07, 6.45) is 11.5. The highest BCUT2D eigenvalue weighted by Crippen LogP contribution is 2.21. The highest BCUT2D eigenvalue weighted by Gasteiger charge is 2.10. The fourth-order valence-corrected chi connectivity index (χ4v) is 1.81. The number of ketones is 1. The van der Waals surface area contributed by atoms with E-state index in [1.165, 1.54) is 37.7 Å². The van der Waals surface area contributed by atoms with Gasteiger partial charge in [0, 0.05) is 6.42 Å². The molecule has 0 spiro atoms. The van der Waals surface area contributed by atoms with E-state index in [2.05, 4.69) is 6.92 Å². The van der Waals surface area contributed by atoms with Crippen LogP contribution in [-0.4, -0.2) is 5.78 Å². The monoisotopic (exact) mass is 180 g/mol. The van der Waals surface area contributed by atoms with Crippen molar-refractivity contribution < 1.29 is 4.79 Å². The summed E-state index contributed by atoms with van der Waals surface area (Å²) in [6.45, 7) is 2.23. The van der Waals surface area contributed by atoms with Gasteiger partial charge in [-0.15, -0.1) is 0 Å². The minimum absolute atomic E-state index is 0.337. The average Bonchev–Trinajstić information content (AvgIpc) is 2.51. The minimum atomic E-state index is 0.337. The Bertz CT molecular complexity index is 191. The molecule has 0 fully saturated rings. The molecule has 1 nitrogen and oxygen atoms in total. The van der Waals surface area contributed by atoms with Crippen molar-refractivity contribution in [3.8, 4) is 0 Å². The first-order valence-electron chi connectivity index (χ1n) is 5.55. The number of hydrogen-bond donors (Lipinski definition) is 0. The normalized spacial score (nSPS) is 16.4. The molecule has 13 heavy (non-hydrogen) atoms. The number of hydrogen-bond acceptors (Lipinski definition) is 1. The van der Waals surface area contributed by atoms with E-state index < -0.39 is 0 Å². The van der Waals surface area contributed by atoms with Crippen LogP contribution in [0.3, 0.4) is 0 Å². The molecule has 0 amide bonds. The zero-order chi connectivity index (χ0) is 9.52. The van der Waals surface area contributed by atoms with E-state index in [0.717, 1.165) is 19.3 Å². The summed E-state index contributed by atoms with van der Waals surface area (Å²) in [6, 6.07) is 0. The summed E-state index contributed by atoms with van der Waals surface area (Å²) < 4.78 is 0. The van der Waals surface area contributed by atoms with Gasteiger partial charge < -0.3 is 0 Å².